The van der Waals surface area contributed by atoms with Crippen LogP contribution in [0.2, 0.25) is 0 Å². The second kappa shape index (κ2) is 7.79. The van der Waals surface area contributed by atoms with E-state index in [2.05, 4.69) is 10.3 Å². The van der Waals surface area contributed by atoms with E-state index in [1.807, 2.05) is 12.1 Å². The van der Waals surface area contributed by atoms with Crippen molar-refractivity contribution in [3.05, 3.63) is 64.7 Å². The normalized spacial score (nSPS) is 10.7. The lowest BCUT2D eigenvalue weighted by Gasteiger charge is -2.11. The van der Waals surface area contributed by atoms with Gasteiger partial charge in [0.05, 0.1) is 30.3 Å². The number of nitrogens with one attached hydrogen (secondary N) is 1. The van der Waals surface area contributed by atoms with Crippen molar-refractivity contribution in [2.24, 2.45) is 0 Å². The number of ether oxygens (including phenoxy) is 2. The zero-order valence-electron chi connectivity index (χ0n) is 14.6. The summed E-state index contributed by atoms with van der Waals surface area (Å²) >= 11 is 0. The van der Waals surface area contributed by atoms with Gasteiger partial charge in [-0.05, 0) is 30.3 Å². The first-order valence-electron chi connectivity index (χ1n) is 8.07. The van der Waals surface area contributed by atoms with E-state index in [9.17, 15) is 9.59 Å². The number of carbonyl (C=O) groups excluding carboxylic acids is 1. The Balaban J connectivity index is 1.99. The SMILES string of the molecule is COCCNC(=O)c1ccc2c(=O)n(-c3ccccc3OC)cnc2c1. The minimum atomic E-state index is -0.236. The van der Waals surface area contributed by atoms with Crippen molar-refractivity contribution in [1.29, 1.82) is 0 Å². The molecule has 0 saturated heterocycles. The molecule has 0 aliphatic rings. The van der Waals surface area contributed by atoms with Crippen LogP contribution in [0.5, 0.6) is 5.75 Å². The van der Waals surface area contributed by atoms with E-state index < -0.39 is 0 Å². The monoisotopic (exact) mass is 353 g/mol. The molecule has 0 radical (unpaired) electrons. The molecule has 134 valence electrons. The van der Waals surface area contributed by atoms with Gasteiger partial charge in [0.1, 0.15) is 12.1 Å². The first-order chi connectivity index (χ1) is 12.7. The molecule has 0 bridgehead atoms. The van der Waals surface area contributed by atoms with Gasteiger partial charge in [-0.1, -0.05) is 12.1 Å². The van der Waals surface area contributed by atoms with Crippen LogP contribution in [0.15, 0.2) is 53.6 Å². The highest BCUT2D eigenvalue weighted by Crippen LogP contribution is 2.21. The molecule has 2 aromatic carbocycles. The van der Waals surface area contributed by atoms with E-state index in [4.69, 9.17) is 9.47 Å². The summed E-state index contributed by atoms with van der Waals surface area (Å²) in [7, 11) is 3.12. The molecule has 26 heavy (non-hydrogen) atoms. The highest BCUT2D eigenvalue weighted by Gasteiger charge is 2.12. The van der Waals surface area contributed by atoms with Gasteiger partial charge in [-0.25, -0.2) is 4.98 Å². The van der Waals surface area contributed by atoms with Crippen molar-refractivity contribution in [1.82, 2.24) is 14.9 Å². The molecule has 0 unspecified atom stereocenters. The van der Waals surface area contributed by atoms with Crippen LogP contribution in [0.4, 0.5) is 0 Å². The molecular weight excluding hydrogens is 334 g/mol. The summed E-state index contributed by atoms with van der Waals surface area (Å²) in [4.78, 5) is 29.3. The third-order valence-corrected chi connectivity index (χ3v) is 3.96. The Kier molecular flexibility index (Phi) is 5.28. The van der Waals surface area contributed by atoms with Crippen LogP contribution < -0.4 is 15.6 Å². The Bertz CT molecular complexity index is 997. The molecule has 0 aliphatic heterocycles. The average Bonchev–Trinajstić information content (AvgIpc) is 2.68. The Hall–Kier alpha value is -3.19. The fraction of sp³-hybridized carbons (Fsp3) is 0.211. The minimum Gasteiger partial charge on any atom is -0.495 e. The molecule has 1 aromatic heterocycles. The highest BCUT2D eigenvalue weighted by atomic mass is 16.5. The van der Waals surface area contributed by atoms with Gasteiger partial charge in [0.2, 0.25) is 0 Å². The Labute approximate surface area is 150 Å². The van der Waals surface area contributed by atoms with E-state index >= 15 is 0 Å². The lowest BCUT2D eigenvalue weighted by atomic mass is 10.1. The maximum absolute atomic E-state index is 12.8. The number of nitrogens with zero attached hydrogens (tertiary/aromatic N) is 2. The van der Waals surface area contributed by atoms with Gasteiger partial charge in [0.15, 0.2) is 0 Å². The van der Waals surface area contributed by atoms with Crippen LogP contribution in [0.1, 0.15) is 10.4 Å². The minimum absolute atomic E-state index is 0.231. The van der Waals surface area contributed by atoms with E-state index in [1.165, 1.54) is 10.9 Å². The summed E-state index contributed by atoms with van der Waals surface area (Å²) in [6, 6.07) is 12.0. The molecule has 3 aromatic rings. The third-order valence-electron chi connectivity index (χ3n) is 3.96. The Morgan fingerprint density at radius 3 is 2.77 bits per heavy atom. The first-order valence-corrected chi connectivity index (χ1v) is 8.07. The fourth-order valence-corrected chi connectivity index (χ4v) is 2.63. The first kappa shape index (κ1) is 17.6. The molecule has 7 heteroatoms. The zero-order valence-corrected chi connectivity index (χ0v) is 14.6. The smallest absolute Gasteiger partial charge is 0.265 e. The number of methoxy groups -OCH3 is 2. The molecule has 7 nitrogen and oxygen atoms in total. The summed E-state index contributed by atoms with van der Waals surface area (Å²) in [5, 5.41) is 3.16. The molecule has 1 N–H and O–H groups in total. The number of benzene rings is 2. The number of amides is 1. The average molecular weight is 353 g/mol. The van der Waals surface area contributed by atoms with E-state index in [0.29, 0.717) is 41.1 Å². The lowest BCUT2D eigenvalue weighted by molar-refractivity contribution is 0.0937. The van der Waals surface area contributed by atoms with Crippen molar-refractivity contribution in [2.45, 2.75) is 0 Å². The fourth-order valence-electron chi connectivity index (χ4n) is 2.63. The maximum atomic E-state index is 12.8. The largest absolute Gasteiger partial charge is 0.495 e. The van der Waals surface area contributed by atoms with Gasteiger partial charge >= 0.3 is 0 Å². The van der Waals surface area contributed by atoms with Gasteiger partial charge in [-0.3, -0.25) is 14.2 Å². The Morgan fingerprint density at radius 1 is 1.19 bits per heavy atom. The standard InChI is InChI=1S/C19H19N3O4/c1-25-10-9-20-18(23)13-7-8-14-15(11-13)21-12-22(19(14)24)16-5-3-4-6-17(16)26-2/h3-8,11-12H,9-10H2,1-2H3,(H,20,23). The van der Waals surface area contributed by atoms with Crippen LogP contribution in [-0.2, 0) is 4.74 Å². The lowest BCUT2D eigenvalue weighted by Crippen LogP contribution is -2.27. The summed E-state index contributed by atoms with van der Waals surface area (Å²) in [5.41, 5.74) is 1.28. The number of aromatic nitrogens is 2. The number of hydrogen-bond donors (Lipinski definition) is 1. The molecule has 3 rings (SSSR count). The second-order valence-electron chi connectivity index (χ2n) is 5.57. The second-order valence-corrected chi connectivity index (χ2v) is 5.57. The number of hydrogen-bond acceptors (Lipinski definition) is 5. The molecule has 0 atom stereocenters. The third kappa shape index (κ3) is 3.43. The highest BCUT2D eigenvalue weighted by molar-refractivity contribution is 5.97. The molecular formula is C19H19N3O4. The predicted octanol–water partition coefficient (Wildman–Crippen LogP) is 1.77. The summed E-state index contributed by atoms with van der Waals surface area (Å²) in [5.74, 6) is 0.338. The van der Waals surface area contributed by atoms with Gasteiger partial charge in [-0.15, -0.1) is 0 Å². The summed E-state index contributed by atoms with van der Waals surface area (Å²) < 4.78 is 11.7. The van der Waals surface area contributed by atoms with Crippen LogP contribution in [0, 0.1) is 0 Å². The number of rotatable bonds is 6. The molecule has 0 aliphatic carbocycles. The van der Waals surface area contributed by atoms with Crippen molar-refractivity contribution in [3.63, 3.8) is 0 Å². The zero-order chi connectivity index (χ0) is 18.5. The molecule has 0 spiro atoms. The van der Waals surface area contributed by atoms with Crippen LogP contribution in [0.25, 0.3) is 16.6 Å². The van der Waals surface area contributed by atoms with E-state index in [-0.39, 0.29) is 11.5 Å². The number of fused-ring (bicyclic) bond motifs is 1. The molecule has 1 heterocycles. The van der Waals surface area contributed by atoms with Crippen molar-refractivity contribution in [3.8, 4) is 11.4 Å². The van der Waals surface area contributed by atoms with E-state index in [0.717, 1.165) is 0 Å². The summed E-state index contributed by atoms with van der Waals surface area (Å²) in [6.45, 7) is 0.845. The van der Waals surface area contributed by atoms with Crippen LogP contribution in [0.3, 0.4) is 0 Å². The predicted molar refractivity (Wildman–Crippen MR) is 98.1 cm³/mol. The number of carbonyl (C=O) groups is 1. The quantitative estimate of drug-likeness (QED) is 0.683. The molecule has 0 fully saturated rings. The number of para-hydroxylation sites is 2. The van der Waals surface area contributed by atoms with Crippen LogP contribution in [-0.4, -0.2) is 42.8 Å². The van der Waals surface area contributed by atoms with Crippen molar-refractivity contribution >= 4 is 16.8 Å². The molecule has 1 amide bonds. The molecule has 0 saturated carbocycles. The van der Waals surface area contributed by atoms with Gasteiger partial charge in [0.25, 0.3) is 11.5 Å². The van der Waals surface area contributed by atoms with Gasteiger partial charge in [0, 0.05) is 19.2 Å². The maximum Gasteiger partial charge on any atom is 0.265 e. The summed E-state index contributed by atoms with van der Waals surface area (Å²) in [6.07, 6.45) is 1.44. The van der Waals surface area contributed by atoms with Crippen molar-refractivity contribution < 1.29 is 14.3 Å². The van der Waals surface area contributed by atoms with Gasteiger partial charge < -0.3 is 14.8 Å². The topological polar surface area (TPSA) is 82.5 Å². The van der Waals surface area contributed by atoms with Crippen LogP contribution >= 0.6 is 0 Å². The Morgan fingerprint density at radius 2 is 2.00 bits per heavy atom. The van der Waals surface area contributed by atoms with E-state index in [1.54, 1.807) is 44.6 Å². The van der Waals surface area contributed by atoms with Gasteiger partial charge in [-0.2, -0.15) is 0 Å². The van der Waals surface area contributed by atoms with Crippen molar-refractivity contribution in [2.75, 3.05) is 27.4 Å².